The van der Waals surface area contributed by atoms with Crippen molar-refractivity contribution < 1.29 is 0 Å². The van der Waals surface area contributed by atoms with Gasteiger partial charge in [-0.15, -0.1) is 0 Å². The van der Waals surface area contributed by atoms with Crippen LogP contribution in [0.4, 0.5) is 0 Å². The summed E-state index contributed by atoms with van der Waals surface area (Å²) < 4.78 is 0. The standard InChI is InChI=1S/C20H16Br2S2/c21-13-15-12-20(24-18-9-5-2-6-10-18)16(14-22)11-19(15)23-17-7-3-1-4-8-17/h1-12H,13-14H2. The van der Waals surface area contributed by atoms with Gasteiger partial charge >= 0.3 is 0 Å². The van der Waals surface area contributed by atoms with Crippen LogP contribution in [0.25, 0.3) is 0 Å². The first-order valence-electron chi connectivity index (χ1n) is 7.53. The molecule has 3 aromatic rings. The van der Waals surface area contributed by atoms with Gasteiger partial charge in [0.15, 0.2) is 0 Å². The summed E-state index contributed by atoms with van der Waals surface area (Å²) in [5.74, 6) is 0. The number of benzene rings is 3. The van der Waals surface area contributed by atoms with Gasteiger partial charge in [0.05, 0.1) is 0 Å². The Hall–Kier alpha value is -0.680. The van der Waals surface area contributed by atoms with Crippen LogP contribution >= 0.6 is 55.4 Å². The van der Waals surface area contributed by atoms with Crippen molar-refractivity contribution in [3.05, 3.63) is 83.9 Å². The molecular formula is C20H16Br2S2. The number of halogens is 2. The molecule has 0 aromatic heterocycles. The predicted octanol–water partition coefficient (Wildman–Crippen LogP) is 7.78. The lowest BCUT2D eigenvalue weighted by Gasteiger charge is -2.14. The lowest BCUT2D eigenvalue weighted by Crippen LogP contribution is -1.91. The summed E-state index contributed by atoms with van der Waals surface area (Å²) in [4.78, 5) is 5.15. The molecule has 0 aliphatic carbocycles. The molecule has 0 saturated heterocycles. The van der Waals surface area contributed by atoms with E-state index in [0.717, 1.165) is 10.7 Å². The molecule has 0 N–H and O–H groups in total. The molecule has 0 aliphatic heterocycles. The summed E-state index contributed by atoms with van der Waals surface area (Å²) >= 11 is 11.0. The number of hydrogen-bond acceptors (Lipinski definition) is 2. The van der Waals surface area contributed by atoms with Crippen LogP contribution < -0.4 is 0 Å². The summed E-state index contributed by atoms with van der Waals surface area (Å²) in [6, 6.07) is 25.7. The minimum absolute atomic E-state index is 0.854. The van der Waals surface area contributed by atoms with Crippen molar-refractivity contribution in [1.29, 1.82) is 0 Å². The van der Waals surface area contributed by atoms with Gasteiger partial charge in [-0.2, -0.15) is 0 Å². The molecule has 0 fully saturated rings. The average Bonchev–Trinajstić information content (AvgIpc) is 2.64. The zero-order valence-electron chi connectivity index (χ0n) is 12.9. The molecule has 0 unspecified atom stereocenters. The first kappa shape index (κ1) is 18.1. The van der Waals surface area contributed by atoms with Crippen LogP contribution in [0.1, 0.15) is 11.1 Å². The van der Waals surface area contributed by atoms with Crippen molar-refractivity contribution in [3.8, 4) is 0 Å². The molecule has 0 atom stereocenters. The van der Waals surface area contributed by atoms with E-state index in [9.17, 15) is 0 Å². The van der Waals surface area contributed by atoms with E-state index in [-0.39, 0.29) is 0 Å². The molecule has 0 heterocycles. The number of rotatable bonds is 6. The van der Waals surface area contributed by atoms with Gasteiger partial charge in [0.1, 0.15) is 0 Å². The second-order valence-corrected chi connectivity index (χ2v) is 8.52. The molecule has 0 saturated carbocycles. The minimum Gasteiger partial charge on any atom is -0.0898 e. The van der Waals surface area contributed by atoms with Crippen LogP contribution in [-0.4, -0.2) is 0 Å². The molecule has 3 aromatic carbocycles. The van der Waals surface area contributed by atoms with E-state index in [1.165, 1.54) is 30.7 Å². The topological polar surface area (TPSA) is 0 Å². The number of hydrogen-bond donors (Lipinski definition) is 0. The van der Waals surface area contributed by atoms with E-state index in [0.29, 0.717) is 0 Å². The van der Waals surface area contributed by atoms with Gasteiger partial charge in [0, 0.05) is 30.2 Å². The maximum Gasteiger partial charge on any atom is 0.0294 e. The van der Waals surface area contributed by atoms with E-state index < -0.39 is 0 Å². The van der Waals surface area contributed by atoms with Crippen LogP contribution in [-0.2, 0) is 10.7 Å². The highest BCUT2D eigenvalue weighted by Crippen LogP contribution is 2.39. The van der Waals surface area contributed by atoms with Gasteiger partial charge in [-0.25, -0.2) is 0 Å². The first-order chi connectivity index (χ1) is 11.8. The third-order valence-corrected chi connectivity index (χ3v) is 6.90. The van der Waals surface area contributed by atoms with E-state index in [2.05, 4.69) is 105 Å². The summed E-state index contributed by atoms with van der Waals surface area (Å²) in [5.41, 5.74) is 2.65. The molecule has 0 aliphatic rings. The van der Waals surface area contributed by atoms with E-state index >= 15 is 0 Å². The Kier molecular flexibility index (Phi) is 6.90. The molecule has 0 amide bonds. The molecule has 3 rings (SSSR count). The highest BCUT2D eigenvalue weighted by molar-refractivity contribution is 9.08. The van der Waals surface area contributed by atoms with Crippen LogP contribution in [0.15, 0.2) is 92.4 Å². The minimum atomic E-state index is 0.854. The normalized spacial score (nSPS) is 10.8. The molecule has 0 radical (unpaired) electrons. The maximum absolute atomic E-state index is 3.65. The maximum atomic E-state index is 3.65. The van der Waals surface area contributed by atoms with E-state index in [1.54, 1.807) is 0 Å². The highest BCUT2D eigenvalue weighted by atomic mass is 79.9. The lowest BCUT2D eigenvalue weighted by atomic mass is 10.2. The molecular weight excluding hydrogens is 464 g/mol. The highest BCUT2D eigenvalue weighted by Gasteiger charge is 2.11. The third-order valence-electron chi connectivity index (χ3n) is 3.47. The quantitative estimate of drug-likeness (QED) is 0.331. The van der Waals surface area contributed by atoms with Crippen LogP contribution in [0.3, 0.4) is 0 Å². The lowest BCUT2D eigenvalue weighted by molar-refractivity contribution is 1.15. The largest absolute Gasteiger partial charge is 0.0898 e. The van der Waals surface area contributed by atoms with Gasteiger partial charge in [-0.1, -0.05) is 91.8 Å². The molecule has 4 heteroatoms. The fourth-order valence-corrected chi connectivity index (χ4v) is 5.59. The molecule has 24 heavy (non-hydrogen) atoms. The summed E-state index contributed by atoms with van der Waals surface area (Å²) in [7, 11) is 0. The molecule has 0 spiro atoms. The molecule has 0 nitrogen and oxygen atoms in total. The predicted molar refractivity (Wildman–Crippen MR) is 113 cm³/mol. The van der Waals surface area contributed by atoms with Gasteiger partial charge in [-0.3, -0.25) is 0 Å². The molecule has 0 bridgehead atoms. The van der Waals surface area contributed by atoms with Crippen molar-refractivity contribution in [3.63, 3.8) is 0 Å². The zero-order valence-corrected chi connectivity index (χ0v) is 17.7. The smallest absolute Gasteiger partial charge is 0.0294 e. The Morgan fingerprint density at radius 1 is 0.583 bits per heavy atom. The summed E-state index contributed by atoms with van der Waals surface area (Å²) in [5, 5.41) is 1.71. The van der Waals surface area contributed by atoms with Crippen molar-refractivity contribution >= 4 is 55.4 Å². The van der Waals surface area contributed by atoms with Gasteiger partial charge in [0.25, 0.3) is 0 Å². The fraction of sp³-hybridized carbons (Fsp3) is 0.100. The van der Waals surface area contributed by atoms with Crippen molar-refractivity contribution in [2.24, 2.45) is 0 Å². The van der Waals surface area contributed by atoms with Crippen LogP contribution in [0.5, 0.6) is 0 Å². The average molecular weight is 480 g/mol. The third kappa shape index (κ3) is 4.69. The first-order valence-corrected chi connectivity index (χ1v) is 11.4. The van der Waals surface area contributed by atoms with E-state index in [4.69, 9.17) is 0 Å². The number of alkyl halides is 2. The van der Waals surface area contributed by atoms with E-state index in [1.807, 2.05) is 23.5 Å². The van der Waals surface area contributed by atoms with Crippen molar-refractivity contribution in [2.75, 3.05) is 0 Å². The van der Waals surface area contributed by atoms with Gasteiger partial charge in [0.2, 0.25) is 0 Å². The van der Waals surface area contributed by atoms with Gasteiger partial charge < -0.3 is 0 Å². The summed E-state index contributed by atoms with van der Waals surface area (Å²) in [6.07, 6.45) is 0. The fourth-order valence-electron chi connectivity index (χ4n) is 2.27. The molecule has 122 valence electrons. The summed E-state index contributed by atoms with van der Waals surface area (Å²) in [6.45, 7) is 0. The second kappa shape index (κ2) is 9.14. The Morgan fingerprint density at radius 2 is 0.958 bits per heavy atom. The van der Waals surface area contributed by atoms with Crippen LogP contribution in [0.2, 0.25) is 0 Å². The van der Waals surface area contributed by atoms with Crippen LogP contribution in [0, 0.1) is 0 Å². The van der Waals surface area contributed by atoms with Gasteiger partial charge in [-0.05, 0) is 47.5 Å². The Balaban J connectivity index is 1.94. The van der Waals surface area contributed by atoms with Crippen molar-refractivity contribution in [2.45, 2.75) is 30.2 Å². The Morgan fingerprint density at radius 3 is 1.29 bits per heavy atom. The van der Waals surface area contributed by atoms with Crippen molar-refractivity contribution in [1.82, 2.24) is 0 Å². The second-order valence-electron chi connectivity index (χ2n) is 5.17. The Bertz CT molecular complexity index is 720. The SMILES string of the molecule is BrCc1cc(Sc2ccccc2)c(CBr)cc1Sc1ccccc1. The monoisotopic (exact) mass is 478 g/mol. The Labute approximate surface area is 168 Å². The zero-order chi connectivity index (χ0) is 16.8.